The molecule has 0 bridgehead atoms. The van der Waals surface area contributed by atoms with Crippen molar-refractivity contribution in [3.05, 3.63) is 75.6 Å². The Kier molecular flexibility index (Phi) is 5.16. The molecule has 7 heteroatoms. The van der Waals surface area contributed by atoms with Gasteiger partial charge in [-0.3, -0.25) is 9.69 Å². The van der Waals surface area contributed by atoms with E-state index >= 15 is 0 Å². The second-order valence-corrected chi connectivity index (χ2v) is 8.86. The largest absolute Gasteiger partial charge is 0.337 e. The van der Waals surface area contributed by atoms with Gasteiger partial charge in [-0.2, -0.15) is 0 Å². The molecule has 1 fully saturated rings. The molecule has 0 radical (unpaired) electrons. The van der Waals surface area contributed by atoms with Crippen LogP contribution in [0.1, 0.15) is 0 Å². The van der Waals surface area contributed by atoms with Gasteiger partial charge in [0, 0.05) is 23.0 Å². The predicted octanol–water partition coefficient (Wildman–Crippen LogP) is 5.61. The Morgan fingerprint density at radius 3 is 2.59 bits per heavy atom. The molecule has 2 aliphatic rings. The smallest absolute Gasteiger partial charge is 0.269 e. The monoisotopic (exact) mass is 457 g/mol. The third-order valence-corrected chi connectivity index (χ3v) is 7.12. The molecule has 136 valence electrons. The third kappa shape index (κ3) is 3.47. The van der Waals surface area contributed by atoms with Gasteiger partial charge in [0.15, 0.2) is 5.17 Å². The second kappa shape index (κ2) is 7.58. The summed E-state index contributed by atoms with van der Waals surface area (Å²) in [5, 5.41) is 1.62. The molecule has 0 N–H and O–H groups in total. The molecule has 0 aliphatic carbocycles. The van der Waals surface area contributed by atoms with Crippen molar-refractivity contribution in [2.45, 2.75) is 4.90 Å². The van der Waals surface area contributed by atoms with Crippen LogP contribution in [0.25, 0.3) is 0 Å². The Hall–Kier alpha value is -1.96. The lowest BCUT2D eigenvalue weighted by Gasteiger charge is -2.15. The zero-order valence-electron chi connectivity index (χ0n) is 14.6. The van der Waals surface area contributed by atoms with Crippen LogP contribution in [0.2, 0.25) is 0 Å². The second-order valence-electron chi connectivity index (χ2n) is 5.94. The molecule has 2 aromatic carbocycles. The lowest BCUT2D eigenvalue weighted by molar-refractivity contribution is -0.121. The van der Waals surface area contributed by atoms with Gasteiger partial charge in [0.2, 0.25) is 0 Å². The molecule has 0 aromatic heterocycles. The molecule has 27 heavy (non-hydrogen) atoms. The van der Waals surface area contributed by atoms with Gasteiger partial charge < -0.3 is 4.90 Å². The van der Waals surface area contributed by atoms with Gasteiger partial charge in [-0.05, 0) is 48.2 Å². The van der Waals surface area contributed by atoms with Crippen molar-refractivity contribution in [1.29, 1.82) is 0 Å². The van der Waals surface area contributed by atoms with E-state index in [4.69, 9.17) is 4.99 Å². The first-order valence-electron chi connectivity index (χ1n) is 8.28. The number of amidine groups is 1. The Morgan fingerprint density at radius 2 is 1.89 bits per heavy atom. The van der Waals surface area contributed by atoms with Crippen LogP contribution in [0, 0.1) is 0 Å². The molecule has 1 amide bonds. The SMILES string of the molecule is C=CCN1C(=O)C(=C2Sc3ccccc3N2C)SC1=Nc1ccc(Br)cc1. The summed E-state index contributed by atoms with van der Waals surface area (Å²) >= 11 is 6.48. The molecular formula is C20H16BrN3OS2. The Balaban J connectivity index is 1.73. The molecule has 0 unspecified atom stereocenters. The fraction of sp³-hybridized carbons (Fsp3) is 0.100. The zero-order chi connectivity index (χ0) is 19.0. The van der Waals surface area contributed by atoms with E-state index in [1.54, 1.807) is 22.7 Å². The van der Waals surface area contributed by atoms with Crippen molar-refractivity contribution >= 4 is 61.9 Å². The summed E-state index contributed by atoms with van der Waals surface area (Å²) in [7, 11) is 2.00. The van der Waals surface area contributed by atoms with E-state index in [0.717, 1.165) is 25.8 Å². The van der Waals surface area contributed by atoms with Gasteiger partial charge in [0.05, 0.1) is 16.4 Å². The van der Waals surface area contributed by atoms with E-state index in [1.165, 1.54) is 11.8 Å². The Bertz CT molecular complexity index is 985. The van der Waals surface area contributed by atoms with Crippen molar-refractivity contribution in [2.75, 3.05) is 18.5 Å². The van der Waals surface area contributed by atoms with Crippen molar-refractivity contribution in [3.63, 3.8) is 0 Å². The van der Waals surface area contributed by atoms with Gasteiger partial charge >= 0.3 is 0 Å². The number of hydrogen-bond acceptors (Lipinski definition) is 5. The normalized spacial score (nSPS) is 20.5. The molecule has 2 aliphatic heterocycles. The van der Waals surface area contributed by atoms with Crippen LogP contribution < -0.4 is 4.90 Å². The number of carbonyl (C=O) groups is 1. The minimum Gasteiger partial charge on any atom is -0.337 e. The fourth-order valence-corrected chi connectivity index (χ4v) is 5.45. The minimum atomic E-state index is -0.0297. The maximum absolute atomic E-state index is 13.1. The molecule has 0 saturated carbocycles. The van der Waals surface area contributed by atoms with E-state index < -0.39 is 0 Å². The zero-order valence-corrected chi connectivity index (χ0v) is 17.8. The van der Waals surface area contributed by atoms with Crippen molar-refractivity contribution in [2.24, 2.45) is 4.99 Å². The maximum atomic E-state index is 13.1. The summed E-state index contributed by atoms with van der Waals surface area (Å²) in [6, 6.07) is 15.9. The van der Waals surface area contributed by atoms with Gasteiger partial charge in [0.25, 0.3) is 5.91 Å². The average Bonchev–Trinajstić information content (AvgIpc) is 3.16. The van der Waals surface area contributed by atoms with E-state index in [2.05, 4.69) is 39.5 Å². The van der Waals surface area contributed by atoms with Gasteiger partial charge in [0.1, 0.15) is 4.91 Å². The number of carbonyl (C=O) groups excluding carboxylic acids is 1. The first-order valence-corrected chi connectivity index (χ1v) is 10.7. The molecule has 1 saturated heterocycles. The highest BCUT2D eigenvalue weighted by molar-refractivity contribution is 9.10. The summed E-state index contributed by atoms with van der Waals surface area (Å²) in [4.78, 5) is 23.4. The van der Waals surface area contributed by atoms with Crippen molar-refractivity contribution < 1.29 is 4.79 Å². The highest BCUT2D eigenvalue weighted by Gasteiger charge is 2.38. The number of halogens is 1. The van der Waals surface area contributed by atoms with Crippen LogP contribution in [-0.4, -0.2) is 29.6 Å². The average molecular weight is 458 g/mol. The van der Waals surface area contributed by atoms with E-state index in [-0.39, 0.29) is 5.91 Å². The van der Waals surface area contributed by atoms with Crippen LogP contribution in [-0.2, 0) is 4.79 Å². The third-order valence-electron chi connectivity index (χ3n) is 4.16. The van der Waals surface area contributed by atoms with E-state index in [9.17, 15) is 4.79 Å². The number of rotatable bonds is 3. The van der Waals surface area contributed by atoms with E-state index in [0.29, 0.717) is 16.6 Å². The molecule has 0 spiro atoms. The summed E-state index contributed by atoms with van der Waals surface area (Å²) in [6.45, 7) is 4.22. The highest BCUT2D eigenvalue weighted by atomic mass is 79.9. The van der Waals surface area contributed by atoms with Crippen LogP contribution in [0.3, 0.4) is 0 Å². The van der Waals surface area contributed by atoms with Crippen LogP contribution >= 0.6 is 39.5 Å². The number of nitrogens with zero attached hydrogens (tertiary/aromatic N) is 3. The molecule has 2 aromatic rings. The van der Waals surface area contributed by atoms with Crippen LogP contribution in [0.4, 0.5) is 11.4 Å². The summed E-state index contributed by atoms with van der Waals surface area (Å²) in [6.07, 6.45) is 1.73. The van der Waals surface area contributed by atoms with Crippen LogP contribution in [0.5, 0.6) is 0 Å². The molecule has 2 heterocycles. The minimum absolute atomic E-state index is 0.0297. The molecule has 4 nitrogen and oxygen atoms in total. The number of anilines is 1. The highest BCUT2D eigenvalue weighted by Crippen LogP contribution is 2.49. The summed E-state index contributed by atoms with van der Waals surface area (Å²) in [5.74, 6) is -0.0297. The summed E-state index contributed by atoms with van der Waals surface area (Å²) in [5.41, 5.74) is 1.93. The molecular weight excluding hydrogens is 442 g/mol. The Labute approximate surface area is 175 Å². The van der Waals surface area contributed by atoms with Gasteiger partial charge in [-0.25, -0.2) is 4.99 Å². The quantitative estimate of drug-likeness (QED) is 0.443. The number of thioether (sulfide) groups is 2. The first kappa shape index (κ1) is 18.4. The van der Waals surface area contributed by atoms with Crippen LogP contribution in [0.15, 0.2) is 85.5 Å². The number of para-hydroxylation sites is 1. The molecule has 0 atom stereocenters. The number of aliphatic imine (C=N–C) groups is 1. The first-order chi connectivity index (χ1) is 13.1. The lowest BCUT2D eigenvalue weighted by atomic mass is 10.3. The number of benzene rings is 2. The van der Waals surface area contributed by atoms with Gasteiger partial charge in [-0.15, -0.1) is 6.58 Å². The van der Waals surface area contributed by atoms with Crippen molar-refractivity contribution in [1.82, 2.24) is 4.90 Å². The number of amides is 1. The predicted molar refractivity (Wildman–Crippen MR) is 118 cm³/mol. The standard InChI is InChI=1S/C20H16BrN3OS2/c1-3-12-24-18(25)17(19-23(2)15-6-4-5-7-16(15)26-19)27-20(24)22-14-10-8-13(21)9-11-14/h3-11H,1,12H2,2H3. The summed E-state index contributed by atoms with van der Waals surface area (Å²) < 4.78 is 0.995. The number of hydrogen-bond donors (Lipinski definition) is 0. The van der Waals surface area contributed by atoms with Crippen molar-refractivity contribution in [3.8, 4) is 0 Å². The number of fused-ring (bicyclic) bond motifs is 1. The maximum Gasteiger partial charge on any atom is 0.269 e. The van der Waals surface area contributed by atoms with E-state index in [1.807, 2.05) is 43.4 Å². The fourth-order valence-electron chi connectivity index (χ4n) is 2.84. The topological polar surface area (TPSA) is 35.9 Å². The lowest BCUT2D eigenvalue weighted by Crippen LogP contribution is -2.29. The Morgan fingerprint density at radius 1 is 1.15 bits per heavy atom. The van der Waals surface area contributed by atoms with Gasteiger partial charge in [-0.1, -0.05) is 45.9 Å². The molecule has 4 rings (SSSR count).